The van der Waals surface area contributed by atoms with Gasteiger partial charge in [0.25, 0.3) is 0 Å². The lowest BCUT2D eigenvalue weighted by molar-refractivity contribution is 0.246. The molecule has 144 valence electrons. The topological polar surface area (TPSA) is 54.3 Å². The third-order valence-electron chi connectivity index (χ3n) is 4.92. The molecular formula is C22H28N2O3. The molecule has 0 amide bonds. The van der Waals surface area contributed by atoms with Crippen LogP contribution in [0.1, 0.15) is 36.9 Å². The van der Waals surface area contributed by atoms with Crippen LogP contribution in [-0.4, -0.2) is 49.6 Å². The molecule has 0 bridgehead atoms. The van der Waals surface area contributed by atoms with Crippen LogP contribution in [0.2, 0.25) is 0 Å². The smallest absolute Gasteiger partial charge is 0.166 e. The van der Waals surface area contributed by atoms with Crippen molar-refractivity contribution in [2.75, 3.05) is 33.4 Å². The molecule has 1 aliphatic rings. The van der Waals surface area contributed by atoms with E-state index in [-0.39, 0.29) is 11.8 Å². The van der Waals surface area contributed by atoms with Gasteiger partial charge in [0.1, 0.15) is 5.75 Å². The molecule has 0 radical (unpaired) electrons. The first-order chi connectivity index (χ1) is 13.2. The highest BCUT2D eigenvalue weighted by Crippen LogP contribution is 2.32. The summed E-state index contributed by atoms with van der Waals surface area (Å²) in [6, 6.07) is 13.8. The molecule has 1 aliphatic heterocycles. The maximum absolute atomic E-state index is 10.3. The average Bonchev–Trinajstić information content (AvgIpc) is 3.22. The number of rotatable bonds is 8. The second kappa shape index (κ2) is 9.42. The summed E-state index contributed by atoms with van der Waals surface area (Å²) >= 11 is 0. The molecule has 0 spiro atoms. The van der Waals surface area contributed by atoms with E-state index in [1.807, 2.05) is 37.3 Å². The summed E-state index contributed by atoms with van der Waals surface area (Å²) in [6.07, 6.45) is 4.16. The summed E-state index contributed by atoms with van der Waals surface area (Å²) in [5.74, 6) is 1.52. The van der Waals surface area contributed by atoms with E-state index >= 15 is 0 Å². The van der Waals surface area contributed by atoms with Crippen molar-refractivity contribution in [3.05, 3.63) is 53.6 Å². The Morgan fingerprint density at radius 1 is 1.11 bits per heavy atom. The second-order valence-electron chi connectivity index (χ2n) is 6.62. The number of likely N-dealkylation sites (tertiary alicyclic amines) is 1. The van der Waals surface area contributed by atoms with Gasteiger partial charge in [0, 0.05) is 17.3 Å². The van der Waals surface area contributed by atoms with Crippen LogP contribution < -0.4 is 9.47 Å². The number of para-hydroxylation sites is 2. The molecule has 0 saturated carbocycles. The van der Waals surface area contributed by atoms with Crippen LogP contribution in [0.3, 0.4) is 0 Å². The van der Waals surface area contributed by atoms with Crippen LogP contribution in [0, 0.1) is 0 Å². The molecule has 5 heteroatoms. The minimum Gasteiger partial charge on any atom is -0.504 e. The zero-order chi connectivity index (χ0) is 19.1. The monoisotopic (exact) mass is 368 g/mol. The molecular weight excluding hydrogens is 340 g/mol. The third kappa shape index (κ3) is 4.61. The number of hydrogen-bond donors (Lipinski definition) is 1. The van der Waals surface area contributed by atoms with Crippen molar-refractivity contribution < 1.29 is 14.6 Å². The number of methoxy groups -OCH3 is 1. The number of aliphatic imine (C=N–C) groups is 1. The van der Waals surface area contributed by atoms with E-state index in [4.69, 9.17) is 9.47 Å². The highest BCUT2D eigenvalue weighted by atomic mass is 16.5. The standard InChI is InChI=1S/C22H28N2O3/c1-3-27-21-12-8-9-17(22(21)25)15-23-16-19(24-13-6-7-14-24)18-10-4-5-11-20(18)26-2/h4-5,8-12,15,19,25H,3,6-7,13-14,16H2,1-2H3/t19-/m0/s1. The first-order valence-electron chi connectivity index (χ1n) is 9.56. The number of ether oxygens (including phenoxy) is 2. The number of phenols is 1. The quantitative estimate of drug-likeness (QED) is 0.714. The first kappa shape index (κ1) is 19.2. The molecule has 3 rings (SSSR count). The fourth-order valence-electron chi connectivity index (χ4n) is 3.57. The minimum absolute atomic E-state index is 0.137. The summed E-state index contributed by atoms with van der Waals surface area (Å²) in [4.78, 5) is 7.13. The molecule has 0 unspecified atom stereocenters. The molecule has 1 heterocycles. The number of nitrogens with zero attached hydrogens (tertiary/aromatic N) is 2. The van der Waals surface area contributed by atoms with E-state index in [1.54, 1.807) is 19.4 Å². The lowest BCUT2D eigenvalue weighted by Crippen LogP contribution is -2.28. The van der Waals surface area contributed by atoms with Crippen molar-refractivity contribution in [3.8, 4) is 17.2 Å². The Hall–Kier alpha value is -2.53. The second-order valence-corrected chi connectivity index (χ2v) is 6.62. The van der Waals surface area contributed by atoms with Crippen LogP contribution in [0.15, 0.2) is 47.5 Å². The molecule has 1 N–H and O–H groups in total. The molecule has 1 fully saturated rings. The SMILES string of the molecule is CCOc1cccc(C=NC[C@@H](c2ccccc2OC)N2CCCC2)c1O. The van der Waals surface area contributed by atoms with Crippen molar-refractivity contribution in [1.82, 2.24) is 4.90 Å². The van der Waals surface area contributed by atoms with E-state index in [0.717, 1.165) is 24.4 Å². The Bertz CT molecular complexity index is 770. The molecule has 0 aliphatic carbocycles. The predicted octanol–water partition coefficient (Wildman–Crippen LogP) is 4.06. The van der Waals surface area contributed by atoms with Gasteiger partial charge in [0.15, 0.2) is 11.5 Å². The fourth-order valence-corrected chi connectivity index (χ4v) is 3.57. The van der Waals surface area contributed by atoms with E-state index in [2.05, 4.69) is 16.0 Å². The van der Waals surface area contributed by atoms with E-state index < -0.39 is 0 Å². The zero-order valence-corrected chi connectivity index (χ0v) is 16.1. The fraction of sp³-hybridized carbons (Fsp3) is 0.409. The van der Waals surface area contributed by atoms with E-state index in [1.165, 1.54) is 12.8 Å². The van der Waals surface area contributed by atoms with Gasteiger partial charge in [-0.05, 0) is 51.1 Å². The van der Waals surface area contributed by atoms with Crippen LogP contribution in [-0.2, 0) is 0 Å². The summed E-state index contributed by atoms with van der Waals surface area (Å²) in [7, 11) is 1.71. The van der Waals surface area contributed by atoms with Crippen LogP contribution in [0.4, 0.5) is 0 Å². The van der Waals surface area contributed by atoms with E-state index in [0.29, 0.717) is 24.5 Å². The first-order valence-corrected chi connectivity index (χ1v) is 9.56. The van der Waals surface area contributed by atoms with Gasteiger partial charge in [0.05, 0.1) is 26.3 Å². The van der Waals surface area contributed by atoms with Gasteiger partial charge in [0.2, 0.25) is 0 Å². The maximum Gasteiger partial charge on any atom is 0.166 e. The molecule has 2 aromatic rings. The van der Waals surface area contributed by atoms with Gasteiger partial charge in [-0.1, -0.05) is 24.3 Å². The number of benzene rings is 2. The number of hydrogen-bond acceptors (Lipinski definition) is 5. The number of phenolic OH excluding ortho intramolecular Hbond substituents is 1. The molecule has 1 atom stereocenters. The average molecular weight is 368 g/mol. The summed E-state index contributed by atoms with van der Waals surface area (Å²) in [5, 5.41) is 10.3. The molecule has 27 heavy (non-hydrogen) atoms. The lowest BCUT2D eigenvalue weighted by atomic mass is 10.0. The van der Waals surface area contributed by atoms with Crippen molar-refractivity contribution in [2.24, 2.45) is 4.99 Å². The largest absolute Gasteiger partial charge is 0.504 e. The van der Waals surface area contributed by atoms with Gasteiger partial charge in [-0.3, -0.25) is 9.89 Å². The van der Waals surface area contributed by atoms with Crippen molar-refractivity contribution in [1.29, 1.82) is 0 Å². The zero-order valence-electron chi connectivity index (χ0n) is 16.1. The van der Waals surface area contributed by atoms with Crippen molar-refractivity contribution >= 4 is 6.21 Å². The van der Waals surface area contributed by atoms with Crippen LogP contribution in [0.5, 0.6) is 17.2 Å². The lowest BCUT2D eigenvalue weighted by Gasteiger charge is -2.27. The van der Waals surface area contributed by atoms with Gasteiger partial charge in [-0.15, -0.1) is 0 Å². The van der Waals surface area contributed by atoms with Gasteiger partial charge in [-0.25, -0.2) is 0 Å². The van der Waals surface area contributed by atoms with Gasteiger partial charge >= 0.3 is 0 Å². The molecule has 0 aromatic heterocycles. The summed E-state index contributed by atoms with van der Waals surface area (Å²) in [5.41, 5.74) is 1.83. The Balaban J connectivity index is 1.81. The normalized spacial score (nSPS) is 15.9. The van der Waals surface area contributed by atoms with E-state index in [9.17, 15) is 5.11 Å². The Kier molecular flexibility index (Phi) is 6.71. The van der Waals surface area contributed by atoms with Gasteiger partial charge in [-0.2, -0.15) is 0 Å². The number of aromatic hydroxyl groups is 1. The Morgan fingerprint density at radius 2 is 1.85 bits per heavy atom. The summed E-state index contributed by atoms with van der Waals surface area (Å²) < 4.78 is 11.0. The molecule has 1 saturated heterocycles. The summed E-state index contributed by atoms with van der Waals surface area (Å²) in [6.45, 7) is 5.17. The maximum atomic E-state index is 10.3. The van der Waals surface area contributed by atoms with Gasteiger partial charge < -0.3 is 14.6 Å². The highest BCUT2D eigenvalue weighted by molar-refractivity contribution is 5.84. The minimum atomic E-state index is 0.137. The Morgan fingerprint density at radius 3 is 2.59 bits per heavy atom. The van der Waals surface area contributed by atoms with Crippen molar-refractivity contribution in [2.45, 2.75) is 25.8 Å². The molecule has 2 aromatic carbocycles. The third-order valence-corrected chi connectivity index (χ3v) is 4.92. The van der Waals surface area contributed by atoms with Crippen molar-refractivity contribution in [3.63, 3.8) is 0 Å². The van der Waals surface area contributed by atoms with Crippen LogP contribution in [0.25, 0.3) is 0 Å². The highest BCUT2D eigenvalue weighted by Gasteiger charge is 2.25. The van der Waals surface area contributed by atoms with Crippen LogP contribution >= 0.6 is 0 Å². The Labute approximate surface area is 161 Å². The predicted molar refractivity (Wildman–Crippen MR) is 108 cm³/mol. The molecule has 5 nitrogen and oxygen atoms in total.